The summed E-state index contributed by atoms with van der Waals surface area (Å²) in [6.07, 6.45) is 7.19. The van der Waals surface area contributed by atoms with Gasteiger partial charge in [0.25, 0.3) is 0 Å². The molecule has 0 radical (unpaired) electrons. The van der Waals surface area contributed by atoms with Gasteiger partial charge in [-0.15, -0.1) is 0 Å². The monoisotopic (exact) mass is 450 g/mol. The Labute approximate surface area is 198 Å². The number of rotatable bonds is 11. The Morgan fingerprint density at radius 3 is 2.42 bits per heavy atom. The summed E-state index contributed by atoms with van der Waals surface area (Å²) in [5.41, 5.74) is 2.21. The molecule has 178 valence electrons. The van der Waals surface area contributed by atoms with Crippen molar-refractivity contribution in [3.63, 3.8) is 0 Å². The normalized spacial score (nSPS) is 15.0. The molecule has 1 aliphatic carbocycles. The average molecular weight is 451 g/mol. The molecular formula is C28H38N2O3. The third-order valence-electron chi connectivity index (χ3n) is 6.49. The number of aryl methyl sites for hydroxylation is 1. The number of hydrogen-bond donors (Lipinski definition) is 1. The molecule has 0 bridgehead atoms. The first-order chi connectivity index (χ1) is 16.1. The summed E-state index contributed by atoms with van der Waals surface area (Å²) in [5.74, 6) is 0.785. The lowest BCUT2D eigenvalue weighted by Crippen LogP contribution is -2.51. The molecule has 2 aromatic carbocycles. The van der Waals surface area contributed by atoms with Crippen LogP contribution in [0.3, 0.4) is 0 Å². The summed E-state index contributed by atoms with van der Waals surface area (Å²) in [7, 11) is 0. The second-order valence-corrected chi connectivity index (χ2v) is 8.98. The van der Waals surface area contributed by atoms with Crippen molar-refractivity contribution >= 4 is 11.8 Å². The van der Waals surface area contributed by atoms with Gasteiger partial charge in [0.2, 0.25) is 11.8 Å². The Morgan fingerprint density at radius 1 is 1.03 bits per heavy atom. The van der Waals surface area contributed by atoms with Crippen LogP contribution >= 0.6 is 0 Å². The van der Waals surface area contributed by atoms with Crippen molar-refractivity contribution in [3.8, 4) is 5.75 Å². The third-order valence-corrected chi connectivity index (χ3v) is 6.49. The van der Waals surface area contributed by atoms with Crippen molar-refractivity contribution in [2.45, 2.75) is 83.8 Å². The zero-order chi connectivity index (χ0) is 23.5. The highest BCUT2D eigenvalue weighted by Crippen LogP contribution is 2.20. The molecule has 1 aliphatic rings. The number of ether oxygens (including phenoxy) is 1. The Hall–Kier alpha value is -2.82. The van der Waals surface area contributed by atoms with Gasteiger partial charge in [-0.05, 0) is 55.9 Å². The Bertz CT molecular complexity index is 878. The maximum atomic E-state index is 13.4. The molecule has 5 heteroatoms. The van der Waals surface area contributed by atoms with E-state index in [0.29, 0.717) is 32.4 Å². The maximum Gasteiger partial charge on any atom is 0.243 e. The predicted molar refractivity (Wildman–Crippen MR) is 132 cm³/mol. The van der Waals surface area contributed by atoms with Crippen molar-refractivity contribution < 1.29 is 14.3 Å². The summed E-state index contributed by atoms with van der Waals surface area (Å²) in [5, 5.41) is 3.24. The van der Waals surface area contributed by atoms with Crippen molar-refractivity contribution in [2.75, 3.05) is 6.61 Å². The average Bonchev–Trinajstić information content (AvgIpc) is 2.84. The number of carbonyl (C=O) groups excluding carboxylic acids is 2. The molecule has 0 spiro atoms. The highest BCUT2D eigenvalue weighted by atomic mass is 16.5. The molecule has 0 aliphatic heterocycles. The molecule has 3 rings (SSSR count). The largest absolute Gasteiger partial charge is 0.494 e. The van der Waals surface area contributed by atoms with Gasteiger partial charge in [0.05, 0.1) is 6.61 Å². The first-order valence-electron chi connectivity index (χ1n) is 12.4. The molecule has 1 N–H and O–H groups in total. The van der Waals surface area contributed by atoms with E-state index in [1.165, 1.54) is 6.42 Å². The van der Waals surface area contributed by atoms with E-state index < -0.39 is 6.04 Å². The van der Waals surface area contributed by atoms with Crippen molar-refractivity contribution in [1.29, 1.82) is 0 Å². The molecule has 1 atom stereocenters. The molecule has 5 nitrogen and oxygen atoms in total. The van der Waals surface area contributed by atoms with E-state index in [2.05, 4.69) is 18.3 Å². The highest BCUT2D eigenvalue weighted by molar-refractivity contribution is 5.87. The zero-order valence-corrected chi connectivity index (χ0v) is 20.1. The van der Waals surface area contributed by atoms with Crippen molar-refractivity contribution in [1.82, 2.24) is 10.2 Å². The fourth-order valence-corrected chi connectivity index (χ4v) is 4.51. The van der Waals surface area contributed by atoms with Gasteiger partial charge in [0.1, 0.15) is 11.8 Å². The molecule has 2 aromatic rings. The van der Waals surface area contributed by atoms with Crippen molar-refractivity contribution in [2.24, 2.45) is 0 Å². The van der Waals surface area contributed by atoms with Gasteiger partial charge in [0, 0.05) is 19.0 Å². The SMILES string of the molecule is CC[C@@H](C(=O)NC1CCCCC1)N(Cc1ccccc1C)C(=O)CCCOc1ccccc1. The Balaban J connectivity index is 1.66. The third kappa shape index (κ3) is 7.62. The summed E-state index contributed by atoms with van der Waals surface area (Å²) in [6.45, 7) is 4.96. The standard InChI is InChI=1S/C28H38N2O3/c1-3-26(28(32)29-24-15-6-4-7-16-24)30(21-23-14-11-10-13-22(23)2)27(31)19-12-20-33-25-17-8-5-9-18-25/h5,8-11,13-14,17-18,24,26H,3-4,6-7,12,15-16,19-21H2,1-2H3,(H,29,32)/t26-/m0/s1. The van der Waals surface area contributed by atoms with E-state index in [1.54, 1.807) is 4.90 Å². The van der Waals surface area contributed by atoms with E-state index in [9.17, 15) is 9.59 Å². The van der Waals surface area contributed by atoms with Gasteiger partial charge in [-0.25, -0.2) is 0 Å². The van der Waals surface area contributed by atoms with Crippen LogP contribution in [0.1, 0.15) is 69.4 Å². The molecular weight excluding hydrogens is 412 g/mol. The van der Waals surface area contributed by atoms with Gasteiger partial charge in [0.15, 0.2) is 0 Å². The van der Waals surface area contributed by atoms with Crippen LogP contribution in [0.5, 0.6) is 5.75 Å². The summed E-state index contributed by atoms with van der Waals surface area (Å²) < 4.78 is 5.76. The molecule has 0 heterocycles. The molecule has 0 unspecified atom stereocenters. The van der Waals surface area contributed by atoms with Crippen LogP contribution in [0, 0.1) is 6.92 Å². The lowest BCUT2D eigenvalue weighted by molar-refractivity contribution is -0.142. The lowest BCUT2D eigenvalue weighted by atomic mass is 9.95. The number of nitrogens with one attached hydrogen (secondary N) is 1. The first kappa shape index (κ1) is 24.8. The predicted octanol–water partition coefficient (Wildman–Crippen LogP) is 5.41. The smallest absolute Gasteiger partial charge is 0.243 e. The molecule has 1 saturated carbocycles. The molecule has 0 aromatic heterocycles. The van der Waals surface area contributed by atoms with E-state index in [1.807, 2.05) is 55.5 Å². The van der Waals surface area contributed by atoms with Crippen LogP contribution in [0.15, 0.2) is 54.6 Å². The second kappa shape index (κ2) is 13.0. The molecule has 33 heavy (non-hydrogen) atoms. The van der Waals surface area contributed by atoms with Gasteiger partial charge in [-0.2, -0.15) is 0 Å². The number of carbonyl (C=O) groups is 2. The van der Waals surface area contributed by atoms with Crippen LogP contribution in [0.4, 0.5) is 0 Å². The quantitative estimate of drug-likeness (QED) is 0.466. The minimum Gasteiger partial charge on any atom is -0.494 e. The Morgan fingerprint density at radius 2 is 1.73 bits per heavy atom. The van der Waals surface area contributed by atoms with E-state index in [0.717, 1.165) is 42.6 Å². The Kier molecular flexibility index (Phi) is 9.79. The number of hydrogen-bond acceptors (Lipinski definition) is 3. The second-order valence-electron chi connectivity index (χ2n) is 8.98. The van der Waals surface area contributed by atoms with E-state index >= 15 is 0 Å². The molecule has 0 saturated heterocycles. The molecule has 1 fully saturated rings. The van der Waals surface area contributed by atoms with Crippen LogP contribution in [-0.2, 0) is 16.1 Å². The fourth-order valence-electron chi connectivity index (χ4n) is 4.51. The highest BCUT2D eigenvalue weighted by Gasteiger charge is 2.30. The number of nitrogens with zero attached hydrogens (tertiary/aromatic N) is 1. The lowest BCUT2D eigenvalue weighted by Gasteiger charge is -2.33. The topological polar surface area (TPSA) is 58.6 Å². The van der Waals surface area contributed by atoms with E-state index in [-0.39, 0.29) is 17.9 Å². The first-order valence-corrected chi connectivity index (χ1v) is 12.4. The number of benzene rings is 2. The number of amides is 2. The maximum absolute atomic E-state index is 13.4. The van der Waals surface area contributed by atoms with Gasteiger partial charge >= 0.3 is 0 Å². The molecule has 2 amide bonds. The van der Waals surface area contributed by atoms with Gasteiger partial charge < -0.3 is 15.0 Å². The van der Waals surface area contributed by atoms with Crippen LogP contribution < -0.4 is 10.1 Å². The van der Waals surface area contributed by atoms with Crippen molar-refractivity contribution in [3.05, 3.63) is 65.7 Å². The summed E-state index contributed by atoms with van der Waals surface area (Å²) in [4.78, 5) is 28.4. The zero-order valence-electron chi connectivity index (χ0n) is 20.1. The minimum atomic E-state index is -0.464. The van der Waals surface area contributed by atoms with Crippen LogP contribution in [0.25, 0.3) is 0 Å². The van der Waals surface area contributed by atoms with Crippen LogP contribution in [0.2, 0.25) is 0 Å². The fraction of sp³-hybridized carbons (Fsp3) is 0.500. The number of para-hydroxylation sites is 1. The van der Waals surface area contributed by atoms with Crippen LogP contribution in [-0.4, -0.2) is 35.4 Å². The minimum absolute atomic E-state index is 0.000518. The van der Waals surface area contributed by atoms with Gasteiger partial charge in [-0.1, -0.05) is 68.7 Å². The van der Waals surface area contributed by atoms with E-state index in [4.69, 9.17) is 4.74 Å². The summed E-state index contributed by atoms with van der Waals surface area (Å²) in [6, 6.07) is 17.5. The summed E-state index contributed by atoms with van der Waals surface area (Å²) >= 11 is 0. The van der Waals surface area contributed by atoms with Gasteiger partial charge in [-0.3, -0.25) is 9.59 Å².